The lowest BCUT2D eigenvalue weighted by molar-refractivity contribution is -0.140. The zero-order valence-electron chi connectivity index (χ0n) is 21.5. The lowest BCUT2D eigenvalue weighted by atomic mass is 10.1. The standard InChI is InChI=1S/C32H18F5N5/c33-26-25(32(35,36)37)27(41-23-17-9-7-15-21(23)38-29(41)19-11-3-1-4-12-19)28(34)40-31(26)42-24-18-10-8-16-22(24)39-30(42)20-13-5-2-6-14-20/h1-18H. The number of aromatic nitrogens is 5. The topological polar surface area (TPSA) is 48.5 Å². The predicted molar refractivity (Wildman–Crippen MR) is 149 cm³/mol. The van der Waals surface area contributed by atoms with Crippen molar-refractivity contribution in [1.82, 2.24) is 24.1 Å². The molecule has 0 atom stereocenters. The first-order valence-electron chi connectivity index (χ1n) is 12.9. The zero-order chi connectivity index (χ0) is 29.0. The molecule has 0 saturated carbocycles. The van der Waals surface area contributed by atoms with Crippen LogP contribution in [0.5, 0.6) is 0 Å². The van der Waals surface area contributed by atoms with Gasteiger partial charge in [0.15, 0.2) is 11.6 Å². The van der Waals surface area contributed by atoms with E-state index in [1.807, 2.05) is 0 Å². The van der Waals surface area contributed by atoms with Gasteiger partial charge in [0, 0.05) is 11.1 Å². The molecule has 0 radical (unpaired) electrons. The highest BCUT2D eigenvalue weighted by atomic mass is 19.4. The van der Waals surface area contributed by atoms with Crippen molar-refractivity contribution in [3.05, 3.63) is 127 Å². The molecule has 7 aromatic rings. The second-order valence-corrected chi connectivity index (χ2v) is 9.51. The number of para-hydroxylation sites is 4. The van der Waals surface area contributed by atoms with Crippen LogP contribution < -0.4 is 0 Å². The molecule has 4 aromatic carbocycles. The van der Waals surface area contributed by atoms with Crippen molar-refractivity contribution in [3.63, 3.8) is 0 Å². The molecule has 0 unspecified atom stereocenters. The molecule has 0 N–H and O–H groups in total. The fourth-order valence-corrected chi connectivity index (χ4v) is 5.18. The van der Waals surface area contributed by atoms with Crippen LogP contribution in [0, 0.1) is 11.8 Å². The van der Waals surface area contributed by atoms with Crippen LogP contribution in [0.1, 0.15) is 5.56 Å². The smallest absolute Gasteiger partial charge is 0.287 e. The molecule has 7 rings (SSSR count). The Balaban J connectivity index is 1.59. The first-order valence-corrected chi connectivity index (χ1v) is 12.9. The van der Waals surface area contributed by atoms with Gasteiger partial charge in [-0.25, -0.2) is 14.4 Å². The molecule has 42 heavy (non-hydrogen) atoms. The fourth-order valence-electron chi connectivity index (χ4n) is 5.18. The first-order chi connectivity index (χ1) is 20.3. The van der Waals surface area contributed by atoms with Gasteiger partial charge < -0.3 is 0 Å². The van der Waals surface area contributed by atoms with E-state index in [2.05, 4.69) is 15.0 Å². The summed E-state index contributed by atoms with van der Waals surface area (Å²) in [4.78, 5) is 12.9. The Morgan fingerprint density at radius 2 is 0.976 bits per heavy atom. The molecule has 0 saturated heterocycles. The summed E-state index contributed by atoms with van der Waals surface area (Å²) in [7, 11) is 0. The number of alkyl halides is 3. The third-order valence-electron chi connectivity index (χ3n) is 6.96. The lowest BCUT2D eigenvalue weighted by Gasteiger charge is -2.20. The van der Waals surface area contributed by atoms with Crippen LogP contribution >= 0.6 is 0 Å². The number of pyridine rings is 1. The number of hydrogen-bond donors (Lipinski definition) is 0. The quantitative estimate of drug-likeness (QED) is 0.159. The SMILES string of the molecule is Fc1nc(-n2c(-c3ccccc3)nc3ccccc32)c(F)c(C(F)(F)F)c1-n1c(-c2ccccc2)nc2ccccc21. The second-order valence-electron chi connectivity index (χ2n) is 9.51. The van der Waals surface area contributed by atoms with Crippen LogP contribution in [0.4, 0.5) is 22.0 Å². The largest absolute Gasteiger partial charge is 0.421 e. The maximum Gasteiger partial charge on any atom is 0.421 e. The molecule has 3 aromatic heterocycles. The van der Waals surface area contributed by atoms with E-state index in [0.29, 0.717) is 22.2 Å². The van der Waals surface area contributed by atoms with E-state index in [-0.39, 0.29) is 22.7 Å². The Hall–Kier alpha value is -5.38. The van der Waals surface area contributed by atoms with Gasteiger partial charge in [0.25, 0.3) is 0 Å². The van der Waals surface area contributed by atoms with Gasteiger partial charge in [-0.3, -0.25) is 9.13 Å². The van der Waals surface area contributed by atoms with E-state index in [1.165, 1.54) is 6.07 Å². The number of nitrogens with zero attached hydrogens (tertiary/aromatic N) is 5. The summed E-state index contributed by atoms with van der Waals surface area (Å²) < 4.78 is 79.5. The molecule has 3 heterocycles. The van der Waals surface area contributed by atoms with E-state index >= 15 is 8.78 Å². The minimum absolute atomic E-state index is 0.00760. The Morgan fingerprint density at radius 1 is 0.524 bits per heavy atom. The third kappa shape index (κ3) is 4.02. The monoisotopic (exact) mass is 567 g/mol. The van der Waals surface area contributed by atoms with E-state index in [0.717, 1.165) is 9.13 Å². The summed E-state index contributed by atoms with van der Waals surface area (Å²) in [6.07, 6.45) is -5.30. The zero-order valence-corrected chi connectivity index (χ0v) is 21.5. The summed E-state index contributed by atoms with van der Waals surface area (Å²) in [5.74, 6) is -4.00. The summed E-state index contributed by atoms with van der Waals surface area (Å²) in [5, 5.41) is 0. The van der Waals surface area contributed by atoms with Gasteiger partial charge in [-0.2, -0.15) is 22.5 Å². The van der Waals surface area contributed by atoms with Gasteiger partial charge in [0.1, 0.15) is 22.9 Å². The molecule has 10 heteroatoms. The van der Waals surface area contributed by atoms with Crippen molar-refractivity contribution in [2.45, 2.75) is 6.18 Å². The molecule has 0 fully saturated rings. The Labute approximate surface area is 235 Å². The average molecular weight is 568 g/mol. The molecular weight excluding hydrogens is 549 g/mol. The molecule has 0 bridgehead atoms. The summed E-state index contributed by atoms with van der Waals surface area (Å²) in [6, 6.07) is 29.7. The molecule has 0 aliphatic carbocycles. The molecule has 0 aliphatic heterocycles. The molecule has 0 spiro atoms. The number of imidazole rings is 2. The van der Waals surface area contributed by atoms with Crippen molar-refractivity contribution in [3.8, 4) is 34.3 Å². The van der Waals surface area contributed by atoms with Crippen LogP contribution in [0.2, 0.25) is 0 Å². The highest BCUT2D eigenvalue weighted by molar-refractivity contribution is 5.85. The van der Waals surface area contributed by atoms with Gasteiger partial charge in [-0.15, -0.1) is 0 Å². The van der Waals surface area contributed by atoms with Crippen molar-refractivity contribution >= 4 is 22.1 Å². The number of rotatable bonds is 4. The van der Waals surface area contributed by atoms with Crippen LogP contribution in [0.25, 0.3) is 56.3 Å². The maximum absolute atomic E-state index is 16.5. The Kier molecular flexibility index (Phi) is 5.86. The summed E-state index contributed by atoms with van der Waals surface area (Å²) in [6.45, 7) is 0. The van der Waals surface area contributed by atoms with Crippen molar-refractivity contribution in [2.75, 3.05) is 0 Å². The highest BCUT2D eigenvalue weighted by Gasteiger charge is 2.43. The third-order valence-corrected chi connectivity index (χ3v) is 6.96. The van der Waals surface area contributed by atoms with Gasteiger partial charge in [0.05, 0.1) is 22.1 Å². The maximum atomic E-state index is 16.5. The van der Waals surface area contributed by atoms with E-state index in [4.69, 9.17) is 0 Å². The molecule has 0 amide bonds. The minimum atomic E-state index is -5.30. The summed E-state index contributed by atoms with van der Waals surface area (Å²) in [5.41, 5.74) is -0.876. The van der Waals surface area contributed by atoms with Gasteiger partial charge >= 0.3 is 6.18 Å². The minimum Gasteiger partial charge on any atom is -0.287 e. The molecule has 0 aliphatic rings. The number of hydrogen-bond acceptors (Lipinski definition) is 3. The Morgan fingerprint density at radius 3 is 1.50 bits per heavy atom. The first kappa shape index (κ1) is 25.6. The van der Waals surface area contributed by atoms with Crippen molar-refractivity contribution in [1.29, 1.82) is 0 Å². The van der Waals surface area contributed by atoms with Gasteiger partial charge in [0.2, 0.25) is 5.95 Å². The summed E-state index contributed by atoms with van der Waals surface area (Å²) >= 11 is 0. The van der Waals surface area contributed by atoms with Crippen molar-refractivity contribution in [2.24, 2.45) is 0 Å². The van der Waals surface area contributed by atoms with Crippen LogP contribution in [-0.4, -0.2) is 24.1 Å². The van der Waals surface area contributed by atoms with Crippen LogP contribution in [-0.2, 0) is 6.18 Å². The second kappa shape index (κ2) is 9.62. The van der Waals surface area contributed by atoms with Gasteiger partial charge in [-0.1, -0.05) is 84.9 Å². The van der Waals surface area contributed by atoms with E-state index < -0.39 is 35.0 Å². The fraction of sp³-hybridized carbons (Fsp3) is 0.0312. The molecular formula is C32H18F5N5. The van der Waals surface area contributed by atoms with E-state index in [9.17, 15) is 13.2 Å². The van der Waals surface area contributed by atoms with Crippen LogP contribution in [0.15, 0.2) is 109 Å². The number of halogens is 5. The molecule has 206 valence electrons. The predicted octanol–water partition coefficient (Wildman–Crippen LogP) is 8.39. The van der Waals surface area contributed by atoms with Crippen LogP contribution in [0.3, 0.4) is 0 Å². The number of fused-ring (bicyclic) bond motifs is 2. The van der Waals surface area contributed by atoms with E-state index in [1.54, 1.807) is 103 Å². The van der Waals surface area contributed by atoms with Crippen molar-refractivity contribution < 1.29 is 22.0 Å². The van der Waals surface area contributed by atoms with Gasteiger partial charge in [-0.05, 0) is 24.3 Å². The normalized spacial score (nSPS) is 11.9. The molecule has 5 nitrogen and oxygen atoms in total. The average Bonchev–Trinajstić information content (AvgIpc) is 3.57. The highest BCUT2D eigenvalue weighted by Crippen LogP contribution is 2.42. The Bertz CT molecular complexity index is 2100. The lowest BCUT2D eigenvalue weighted by Crippen LogP contribution is -2.20. The number of benzene rings is 4.